The molecule has 7 rings (SSSR count). The van der Waals surface area contributed by atoms with Gasteiger partial charge in [-0.1, -0.05) is 115 Å². The maximum absolute atomic E-state index is 4.60. The van der Waals surface area contributed by atoms with Crippen LogP contribution >= 0.6 is 11.8 Å². The van der Waals surface area contributed by atoms with Gasteiger partial charge in [-0.2, -0.15) is 0 Å². The number of allylic oxidation sites excluding steroid dienone is 4. The summed E-state index contributed by atoms with van der Waals surface area (Å²) in [6, 6.07) is 26.5. The standard InChI is InChI=1S/C35H31NS/c1-2-9-24(10-3-1)25-17-19-27(20-18-25)37-35-31-15-7-6-14-30(31)34(33-23-36-22-21-32(33)35)29-16-8-12-26-11-4-5-13-28(26)29/h4-8,11-17,19,21-24H,1-3,9-10,18,20H2. The van der Waals surface area contributed by atoms with E-state index in [0.29, 0.717) is 0 Å². The van der Waals surface area contributed by atoms with Crippen LogP contribution in [0.1, 0.15) is 44.9 Å². The number of benzene rings is 4. The van der Waals surface area contributed by atoms with E-state index in [0.717, 1.165) is 12.3 Å². The molecule has 0 radical (unpaired) electrons. The highest BCUT2D eigenvalue weighted by atomic mass is 32.2. The minimum atomic E-state index is 0.823. The Bertz CT molecular complexity index is 1620. The Kier molecular flexibility index (Phi) is 6.06. The molecule has 2 aliphatic carbocycles. The van der Waals surface area contributed by atoms with Gasteiger partial charge in [0.2, 0.25) is 0 Å². The van der Waals surface area contributed by atoms with E-state index in [9.17, 15) is 0 Å². The molecule has 4 aromatic carbocycles. The Morgan fingerprint density at radius 3 is 2.24 bits per heavy atom. The van der Waals surface area contributed by atoms with E-state index in [1.807, 2.05) is 18.0 Å². The van der Waals surface area contributed by atoms with E-state index >= 15 is 0 Å². The van der Waals surface area contributed by atoms with E-state index in [1.165, 1.54) is 91.8 Å². The second-order valence-electron chi connectivity index (χ2n) is 10.5. The second kappa shape index (κ2) is 9.84. The fraction of sp³-hybridized carbons (Fsp3) is 0.229. The molecule has 1 saturated carbocycles. The van der Waals surface area contributed by atoms with Crippen LogP contribution in [0.4, 0.5) is 0 Å². The Hall–Kier alpha value is -3.36. The monoisotopic (exact) mass is 497 g/mol. The second-order valence-corrected chi connectivity index (χ2v) is 11.6. The summed E-state index contributed by atoms with van der Waals surface area (Å²) in [5, 5.41) is 7.72. The molecule has 0 bridgehead atoms. The van der Waals surface area contributed by atoms with E-state index < -0.39 is 0 Å². The summed E-state index contributed by atoms with van der Waals surface area (Å²) in [5.41, 5.74) is 4.26. The average molecular weight is 498 g/mol. The van der Waals surface area contributed by atoms with E-state index in [2.05, 4.69) is 96.1 Å². The summed E-state index contributed by atoms with van der Waals surface area (Å²) in [6.45, 7) is 0. The zero-order valence-corrected chi connectivity index (χ0v) is 21.9. The molecule has 182 valence electrons. The molecule has 1 fully saturated rings. The zero-order chi connectivity index (χ0) is 24.6. The predicted molar refractivity (Wildman–Crippen MR) is 160 cm³/mol. The molecule has 5 aromatic rings. The maximum Gasteiger partial charge on any atom is 0.0353 e. The molecular formula is C35H31NS. The minimum Gasteiger partial charge on any atom is -0.264 e. The molecule has 2 heteroatoms. The smallest absolute Gasteiger partial charge is 0.0353 e. The highest BCUT2D eigenvalue weighted by molar-refractivity contribution is 8.03. The van der Waals surface area contributed by atoms with Gasteiger partial charge < -0.3 is 0 Å². The third kappa shape index (κ3) is 4.18. The van der Waals surface area contributed by atoms with Gasteiger partial charge in [-0.3, -0.25) is 4.98 Å². The summed E-state index contributed by atoms with van der Waals surface area (Å²) in [7, 11) is 0. The van der Waals surface area contributed by atoms with Crippen LogP contribution in [-0.2, 0) is 0 Å². The number of rotatable bonds is 4. The number of pyridine rings is 1. The summed E-state index contributed by atoms with van der Waals surface area (Å²) in [6.07, 6.45) is 18.3. The van der Waals surface area contributed by atoms with Crippen LogP contribution in [0.25, 0.3) is 43.4 Å². The van der Waals surface area contributed by atoms with Crippen molar-refractivity contribution in [2.75, 3.05) is 0 Å². The Morgan fingerprint density at radius 2 is 1.41 bits per heavy atom. The summed E-state index contributed by atoms with van der Waals surface area (Å²) < 4.78 is 0. The molecule has 2 aliphatic rings. The molecule has 1 heterocycles. The van der Waals surface area contributed by atoms with Crippen LogP contribution in [0, 0.1) is 5.92 Å². The van der Waals surface area contributed by atoms with Crippen molar-refractivity contribution in [2.24, 2.45) is 5.92 Å². The molecule has 0 atom stereocenters. The van der Waals surface area contributed by atoms with Crippen LogP contribution < -0.4 is 0 Å². The maximum atomic E-state index is 4.60. The van der Waals surface area contributed by atoms with E-state index in [-0.39, 0.29) is 0 Å². The number of hydrogen-bond acceptors (Lipinski definition) is 2. The highest BCUT2D eigenvalue weighted by Gasteiger charge is 2.22. The normalized spacial score (nSPS) is 16.8. The Balaban J connectivity index is 1.39. The third-order valence-corrected chi connectivity index (χ3v) is 9.59. The molecule has 0 aliphatic heterocycles. The molecule has 1 nitrogen and oxygen atoms in total. The average Bonchev–Trinajstić information content (AvgIpc) is 2.98. The molecule has 0 unspecified atom stereocenters. The predicted octanol–water partition coefficient (Wildman–Crippen LogP) is 10.5. The zero-order valence-electron chi connectivity index (χ0n) is 21.1. The summed E-state index contributed by atoms with van der Waals surface area (Å²) in [5.74, 6) is 0.823. The first-order valence-electron chi connectivity index (χ1n) is 13.7. The Morgan fingerprint density at radius 1 is 0.649 bits per heavy atom. The minimum absolute atomic E-state index is 0.823. The number of fused-ring (bicyclic) bond motifs is 3. The number of nitrogens with zero attached hydrogens (tertiary/aromatic N) is 1. The lowest BCUT2D eigenvalue weighted by molar-refractivity contribution is 0.394. The highest BCUT2D eigenvalue weighted by Crippen LogP contribution is 2.47. The van der Waals surface area contributed by atoms with Crippen molar-refractivity contribution in [3.05, 3.63) is 108 Å². The van der Waals surface area contributed by atoms with Gasteiger partial charge in [0.15, 0.2) is 0 Å². The van der Waals surface area contributed by atoms with Gasteiger partial charge in [0, 0.05) is 22.7 Å². The number of aromatic nitrogens is 1. The first kappa shape index (κ1) is 22.8. The van der Waals surface area contributed by atoms with Gasteiger partial charge in [0.1, 0.15) is 0 Å². The first-order chi connectivity index (χ1) is 18.4. The molecule has 1 aromatic heterocycles. The van der Waals surface area contributed by atoms with Crippen molar-refractivity contribution in [3.63, 3.8) is 0 Å². The van der Waals surface area contributed by atoms with Crippen LogP contribution in [0.2, 0.25) is 0 Å². The lowest BCUT2D eigenvalue weighted by atomic mass is 9.81. The van der Waals surface area contributed by atoms with Crippen molar-refractivity contribution < 1.29 is 0 Å². The van der Waals surface area contributed by atoms with Gasteiger partial charge in [-0.15, -0.1) is 0 Å². The SMILES string of the molecule is C1=C(Sc2c3ccccc3c(-c3cccc4ccccc34)c3cnccc23)CCC(C2CCCCC2)=C1. The fourth-order valence-electron chi connectivity index (χ4n) is 6.49. The molecule has 37 heavy (non-hydrogen) atoms. The number of hydrogen-bond donors (Lipinski definition) is 0. The lowest BCUT2D eigenvalue weighted by Gasteiger charge is -2.26. The van der Waals surface area contributed by atoms with Crippen molar-refractivity contribution in [3.8, 4) is 11.1 Å². The lowest BCUT2D eigenvalue weighted by Crippen LogP contribution is -2.10. The largest absolute Gasteiger partial charge is 0.264 e. The topological polar surface area (TPSA) is 12.9 Å². The van der Waals surface area contributed by atoms with Crippen molar-refractivity contribution >= 4 is 44.1 Å². The van der Waals surface area contributed by atoms with Gasteiger partial charge >= 0.3 is 0 Å². The van der Waals surface area contributed by atoms with E-state index in [4.69, 9.17) is 0 Å². The number of thioether (sulfide) groups is 1. The van der Waals surface area contributed by atoms with Gasteiger partial charge in [-0.25, -0.2) is 0 Å². The third-order valence-electron chi connectivity index (χ3n) is 8.34. The van der Waals surface area contributed by atoms with Crippen LogP contribution in [0.15, 0.2) is 113 Å². The Labute approximate surface area is 223 Å². The van der Waals surface area contributed by atoms with Crippen molar-refractivity contribution in [1.29, 1.82) is 0 Å². The van der Waals surface area contributed by atoms with Crippen molar-refractivity contribution in [2.45, 2.75) is 49.8 Å². The molecular weight excluding hydrogens is 466 g/mol. The van der Waals surface area contributed by atoms with Crippen LogP contribution in [0.5, 0.6) is 0 Å². The summed E-state index contributed by atoms with van der Waals surface area (Å²) >= 11 is 1.97. The first-order valence-corrected chi connectivity index (χ1v) is 14.5. The van der Waals surface area contributed by atoms with Crippen molar-refractivity contribution in [1.82, 2.24) is 4.98 Å². The van der Waals surface area contributed by atoms with E-state index in [1.54, 1.807) is 5.57 Å². The molecule has 0 spiro atoms. The summed E-state index contributed by atoms with van der Waals surface area (Å²) in [4.78, 5) is 7.43. The van der Waals surface area contributed by atoms with Gasteiger partial charge in [-0.05, 0) is 80.6 Å². The molecule has 0 amide bonds. The van der Waals surface area contributed by atoms with Crippen LogP contribution in [-0.4, -0.2) is 4.98 Å². The van der Waals surface area contributed by atoms with Gasteiger partial charge in [0.25, 0.3) is 0 Å². The molecule has 0 saturated heterocycles. The molecule has 0 N–H and O–H groups in total. The van der Waals surface area contributed by atoms with Gasteiger partial charge in [0.05, 0.1) is 0 Å². The van der Waals surface area contributed by atoms with Crippen LogP contribution in [0.3, 0.4) is 0 Å². The quantitative estimate of drug-likeness (QED) is 0.229. The fourth-order valence-corrected chi connectivity index (χ4v) is 7.67.